The maximum atomic E-state index is 11.7. The normalized spacial score (nSPS) is 28.2. The summed E-state index contributed by atoms with van der Waals surface area (Å²) in [5.74, 6) is 1.76. The molecule has 1 aromatic carbocycles. The van der Waals surface area contributed by atoms with Crippen LogP contribution in [0.1, 0.15) is 18.4 Å². The Kier molecular flexibility index (Phi) is 3.34. The third-order valence-electron chi connectivity index (χ3n) is 2.90. The molecule has 0 fully saturated rings. The van der Waals surface area contributed by atoms with Crippen LogP contribution in [-0.4, -0.2) is 11.0 Å². The summed E-state index contributed by atoms with van der Waals surface area (Å²) in [5.41, 5.74) is 6.81. The first-order chi connectivity index (χ1) is 7.73. The Bertz CT molecular complexity index is 402. The van der Waals surface area contributed by atoms with Crippen LogP contribution in [-0.2, 0) is 5.75 Å². The van der Waals surface area contributed by atoms with Gasteiger partial charge in [0, 0.05) is 5.75 Å². The maximum Gasteiger partial charge on any atom is 0.262 e. The van der Waals surface area contributed by atoms with E-state index < -0.39 is 10.0 Å². The van der Waals surface area contributed by atoms with Gasteiger partial charge in [-0.1, -0.05) is 36.4 Å². The van der Waals surface area contributed by atoms with E-state index in [0.717, 1.165) is 24.3 Å². The van der Waals surface area contributed by atoms with E-state index in [2.05, 4.69) is 23.6 Å². The molecule has 0 bridgehead atoms. The van der Waals surface area contributed by atoms with Gasteiger partial charge in [-0.15, -0.1) is 10.0 Å². The number of benzene rings is 1. The fourth-order valence-corrected chi connectivity index (χ4v) is 4.84. The summed E-state index contributed by atoms with van der Waals surface area (Å²) in [5, 5.41) is 1.97. The van der Waals surface area contributed by atoms with Gasteiger partial charge in [0.05, 0.1) is 0 Å². The molecular formula is C13H17NOS. The Morgan fingerprint density at radius 3 is 2.62 bits per heavy atom. The van der Waals surface area contributed by atoms with E-state index in [0.29, 0.717) is 0 Å². The number of rotatable bonds is 2. The molecule has 3 heteroatoms. The molecular weight excluding hydrogens is 218 g/mol. The van der Waals surface area contributed by atoms with Crippen molar-refractivity contribution in [2.75, 3.05) is 5.75 Å². The van der Waals surface area contributed by atoms with Gasteiger partial charge in [-0.05, 0) is 29.6 Å². The molecule has 2 nitrogen and oxygen atoms in total. The average molecular weight is 235 g/mol. The van der Waals surface area contributed by atoms with E-state index in [4.69, 9.17) is 5.73 Å². The van der Waals surface area contributed by atoms with E-state index in [1.165, 1.54) is 5.56 Å². The lowest BCUT2D eigenvalue weighted by Gasteiger charge is -2.35. The molecule has 1 aliphatic heterocycles. The predicted octanol–water partition coefficient (Wildman–Crippen LogP) is 3.38. The molecule has 0 spiro atoms. The molecule has 0 radical (unpaired) electrons. The van der Waals surface area contributed by atoms with Gasteiger partial charge < -0.3 is 5.73 Å². The highest BCUT2D eigenvalue weighted by Gasteiger charge is 2.29. The first-order valence-corrected chi connectivity index (χ1v) is 7.55. The van der Waals surface area contributed by atoms with Crippen molar-refractivity contribution in [1.82, 2.24) is 0 Å². The smallest absolute Gasteiger partial charge is 0.262 e. The number of amides is 1. The van der Waals surface area contributed by atoms with Gasteiger partial charge in [0.15, 0.2) is 0 Å². The van der Waals surface area contributed by atoms with Crippen molar-refractivity contribution in [3.8, 4) is 0 Å². The van der Waals surface area contributed by atoms with Crippen LogP contribution in [0.3, 0.4) is 0 Å². The van der Waals surface area contributed by atoms with Crippen LogP contribution in [0.2, 0.25) is 0 Å². The minimum atomic E-state index is -1.41. The van der Waals surface area contributed by atoms with Gasteiger partial charge in [0.1, 0.15) is 0 Å². The Morgan fingerprint density at radius 1 is 1.31 bits per heavy atom. The van der Waals surface area contributed by atoms with Gasteiger partial charge in [0.25, 0.3) is 5.24 Å². The van der Waals surface area contributed by atoms with Crippen LogP contribution in [0.4, 0.5) is 4.79 Å². The zero-order valence-electron chi connectivity index (χ0n) is 9.26. The highest BCUT2D eigenvalue weighted by atomic mass is 32.3. The number of primary amides is 1. The van der Waals surface area contributed by atoms with Crippen molar-refractivity contribution in [2.45, 2.75) is 18.6 Å². The Morgan fingerprint density at radius 2 is 2.06 bits per heavy atom. The second-order valence-electron chi connectivity index (χ2n) is 4.11. The molecule has 1 heterocycles. The summed E-state index contributed by atoms with van der Waals surface area (Å²) in [4.78, 5) is 11.7. The van der Waals surface area contributed by atoms with Crippen molar-refractivity contribution < 1.29 is 4.79 Å². The van der Waals surface area contributed by atoms with Crippen LogP contribution in [0.5, 0.6) is 0 Å². The lowest BCUT2D eigenvalue weighted by atomic mass is 10.2. The molecule has 2 N–H and O–H groups in total. The van der Waals surface area contributed by atoms with Crippen molar-refractivity contribution in [3.63, 3.8) is 0 Å². The van der Waals surface area contributed by atoms with E-state index in [1.54, 1.807) is 0 Å². The molecule has 0 saturated heterocycles. The zero-order valence-corrected chi connectivity index (χ0v) is 10.1. The molecule has 16 heavy (non-hydrogen) atoms. The van der Waals surface area contributed by atoms with Gasteiger partial charge in [-0.3, -0.25) is 4.79 Å². The third kappa shape index (κ3) is 2.30. The molecule has 86 valence electrons. The monoisotopic (exact) mass is 235 g/mol. The fourth-order valence-electron chi connectivity index (χ4n) is 2.01. The largest absolute Gasteiger partial charge is 0.362 e. The van der Waals surface area contributed by atoms with Crippen LogP contribution < -0.4 is 5.73 Å². The van der Waals surface area contributed by atoms with Crippen molar-refractivity contribution >= 4 is 15.3 Å². The zero-order chi connectivity index (χ0) is 11.4. The number of hydrogen-bond acceptors (Lipinski definition) is 1. The van der Waals surface area contributed by atoms with Crippen molar-refractivity contribution in [1.29, 1.82) is 0 Å². The predicted molar refractivity (Wildman–Crippen MR) is 70.6 cm³/mol. The fraction of sp³-hybridized carbons (Fsp3) is 0.308. The average Bonchev–Trinajstić information content (AvgIpc) is 2.31. The van der Waals surface area contributed by atoms with Gasteiger partial charge in [-0.2, -0.15) is 0 Å². The van der Waals surface area contributed by atoms with Gasteiger partial charge >= 0.3 is 0 Å². The SMILES string of the molecule is NC(=O)S1(Cc2ccccc2)C=CCCC1. The number of carbonyl (C=O) groups excluding carboxylic acids is 1. The molecule has 2 rings (SSSR count). The summed E-state index contributed by atoms with van der Waals surface area (Å²) in [6, 6.07) is 10.2. The number of carbonyl (C=O) groups is 1. The Balaban J connectivity index is 2.24. The number of allylic oxidation sites excluding steroid dienone is 1. The molecule has 1 atom stereocenters. The van der Waals surface area contributed by atoms with Gasteiger partial charge in [-0.25, -0.2) is 0 Å². The quantitative estimate of drug-likeness (QED) is 0.839. The van der Waals surface area contributed by atoms with E-state index in [9.17, 15) is 4.79 Å². The summed E-state index contributed by atoms with van der Waals surface area (Å²) in [6.07, 6.45) is 4.28. The van der Waals surface area contributed by atoms with E-state index in [1.807, 2.05) is 18.2 Å². The molecule has 1 amide bonds. The highest BCUT2D eigenvalue weighted by molar-refractivity contribution is 8.46. The first kappa shape index (κ1) is 11.3. The topological polar surface area (TPSA) is 43.1 Å². The van der Waals surface area contributed by atoms with Crippen LogP contribution in [0.15, 0.2) is 41.8 Å². The minimum Gasteiger partial charge on any atom is -0.362 e. The van der Waals surface area contributed by atoms with Crippen LogP contribution in [0, 0.1) is 0 Å². The number of nitrogens with two attached hydrogens (primary N) is 1. The second-order valence-corrected chi connectivity index (χ2v) is 7.37. The summed E-state index contributed by atoms with van der Waals surface area (Å²) >= 11 is 0. The molecule has 1 aliphatic rings. The molecule has 0 aromatic heterocycles. The molecule has 1 unspecified atom stereocenters. The Labute approximate surface area is 97.9 Å². The van der Waals surface area contributed by atoms with E-state index >= 15 is 0 Å². The van der Waals surface area contributed by atoms with Crippen LogP contribution >= 0.6 is 10.0 Å². The lowest BCUT2D eigenvalue weighted by molar-refractivity contribution is 0.266. The second kappa shape index (κ2) is 4.74. The van der Waals surface area contributed by atoms with E-state index in [-0.39, 0.29) is 5.24 Å². The summed E-state index contributed by atoms with van der Waals surface area (Å²) in [7, 11) is -1.41. The third-order valence-corrected chi connectivity index (χ3v) is 6.28. The maximum absolute atomic E-state index is 11.7. The van der Waals surface area contributed by atoms with Crippen molar-refractivity contribution in [2.24, 2.45) is 5.73 Å². The van der Waals surface area contributed by atoms with Gasteiger partial charge in [0.2, 0.25) is 0 Å². The molecule has 0 saturated carbocycles. The highest BCUT2D eigenvalue weighted by Crippen LogP contribution is 2.55. The lowest BCUT2D eigenvalue weighted by Crippen LogP contribution is -2.23. The minimum absolute atomic E-state index is 0.118. The summed E-state index contributed by atoms with van der Waals surface area (Å²) in [6.45, 7) is 0. The molecule has 1 aromatic rings. The Hall–Kier alpha value is -1.22. The first-order valence-electron chi connectivity index (χ1n) is 5.52. The number of hydrogen-bond donors (Lipinski definition) is 1. The molecule has 0 aliphatic carbocycles. The summed E-state index contributed by atoms with van der Waals surface area (Å²) < 4.78 is 0. The van der Waals surface area contributed by atoms with Crippen LogP contribution in [0.25, 0.3) is 0 Å². The standard InChI is InChI=1S/C13H17NOS/c14-13(15)16(9-5-2-6-10-16)11-12-7-3-1-4-8-12/h1,3-5,7-9H,2,6,10-11H2,(H2,14,15). The van der Waals surface area contributed by atoms with Crippen molar-refractivity contribution in [3.05, 3.63) is 47.4 Å².